The second-order valence-corrected chi connectivity index (χ2v) is 13.0. The van der Waals surface area contributed by atoms with Gasteiger partial charge in [-0.25, -0.2) is 26.4 Å². The van der Waals surface area contributed by atoms with Gasteiger partial charge in [0.15, 0.2) is 0 Å². The Labute approximate surface area is 229 Å². The highest BCUT2D eigenvalue weighted by Crippen LogP contribution is 2.28. The standard InChI is InChI=1S/C25H37N5O7S2/c1-3-4-13-26-25(33)29-39(36,37)21-8-6-20(7-9-21)30-14-11-19(12-15-30)27-17-24(32)18-5-10-23(31)22(16-18)28-38(2,34)35/h5-10,16,19,24,27-28,31-32H,3-4,11-15,17H2,1-2H3,(H2,26,29,33). The Kier molecular flexibility index (Phi) is 10.4. The lowest BCUT2D eigenvalue weighted by Crippen LogP contribution is -2.43. The van der Waals surface area contributed by atoms with Crippen LogP contribution >= 0.6 is 0 Å². The first kappa shape index (κ1) is 30.5. The van der Waals surface area contributed by atoms with Crippen LogP contribution in [0.2, 0.25) is 0 Å². The summed E-state index contributed by atoms with van der Waals surface area (Å²) in [6.07, 6.45) is 3.32. The van der Waals surface area contributed by atoms with E-state index >= 15 is 0 Å². The molecule has 216 valence electrons. The largest absolute Gasteiger partial charge is 0.506 e. The Balaban J connectivity index is 1.49. The van der Waals surface area contributed by atoms with Gasteiger partial charge in [-0.1, -0.05) is 19.4 Å². The highest BCUT2D eigenvalue weighted by molar-refractivity contribution is 7.92. The third-order valence-electron chi connectivity index (χ3n) is 6.35. The number of phenols is 1. The lowest BCUT2D eigenvalue weighted by atomic mass is 10.0. The van der Waals surface area contributed by atoms with Crippen molar-refractivity contribution in [3.8, 4) is 5.75 Å². The van der Waals surface area contributed by atoms with Crippen LogP contribution in [0.4, 0.5) is 16.2 Å². The number of hydrogen-bond donors (Lipinski definition) is 6. The number of nitrogens with zero attached hydrogens (tertiary/aromatic N) is 1. The Morgan fingerprint density at radius 2 is 1.74 bits per heavy atom. The van der Waals surface area contributed by atoms with Gasteiger partial charge in [-0.2, -0.15) is 0 Å². The number of hydrogen-bond acceptors (Lipinski definition) is 9. The van der Waals surface area contributed by atoms with Crippen molar-refractivity contribution in [2.45, 2.75) is 49.6 Å². The zero-order valence-electron chi connectivity index (χ0n) is 22.1. The van der Waals surface area contributed by atoms with Crippen molar-refractivity contribution in [1.29, 1.82) is 0 Å². The van der Waals surface area contributed by atoms with Crippen LogP contribution in [0.5, 0.6) is 5.75 Å². The maximum Gasteiger partial charge on any atom is 0.328 e. The summed E-state index contributed by atoms with van der Waals surface area (Å²) in [6, 6.07) is 10.1. The molecule has 0 aliphatic carbocycles. The summed E-state index contributed by atoms with van der Waals surface area (Å²) in [7, 11) is -7.55. The predicted molar refractivity (Wildman–Crippen MR) is 150 cm³/mol. The van der Waals surface area contributed by atoms with Gasteiger partial charge in [-0.15, -0.1) is 0 Å². The third kappa shape index (κ3) is 9.27. The number of sulfonamides is 2. The van der Waals surface area contributed by atoms with Crippen LogP contribution in [0.25, 0.3) is 0 Å². The Bertz CT molecular complexity index is 1330. The molecule has 2 aromatic rings. The van der Waals surface area contributed by atoms with Gasteiger partial charge in [0.05, 0.1) is 22.9 Å². The number of carbonyl (C=O) groups excluding carboxylic acids is 1. The molecule has 1 aliphatic heterocycles. The number of unbranched alkanes of at least 4 members (excludes halogenated alkanes) is 1. The summed E-state index contributed by atoms with van der Waals surface area (Å²) < 4.78 is 52.2. The highest BCUT2D eigenvalue weighted by Gasteiger charge is 2.22. The molecule has 14 heteroatoms. The summed E-state index contributed by atoms with van der Waals surface area (Å²) in [5, 5.41) is 26.3. The van der Waals surface area contributed by atoms with Gasteiger partial charge in [0.25, 0.3) is 10.0 Å². The SMILES string of the molecule is CCCCNC(=O)NS(=O)(=O)c1ccc(N2CCC(NCC(O)c3ccc(O)c(NS(C)(=O)=O)c3)CC2)cc1. The zero-order chi connectivity index (χ0) is 28.6. The van der Waals surface area contributed by atoms with E-state index in [1.165, 1.54) is 30.3 Å². The molecule has 6 N–H and O–H groups in total. The number of rotatable bonds is 12. The van der Waals surface area contributed by atoms with Crippen LogP contribution in [0.15, 0.2) is 47.4 Å². The van der Waals surface area contributed by atoms with Crippen molar-refractivity contribution in [1.82, 2.24) is 15.4 Å². The van der Waals surface area contributed by atoms with Crippen molar-refractivity contribution < 1.29 is 31.8 Å². The summed E-state index contributed by atoms with van der Waals surface area (Å²) in [6.45, 7) is 4.07. The summed E-state index contributed by atoms with van der Waals surface area (Å²) in [5.41, 5.74) is 1.34. The zero-order valence-corrected chi connectivity index (χ0v) is 23.7. The topological polar surface area (TPSA) is 177 Å². The normalized spacial score (nSPS) is 15.5. The lowest BCUT2D eigenvalue weighted by molar-refractivity contribution is 0.167. The summed E-state index contributed by atoms with van der Waals surface area (Å²) in [5.74, 6) is -0.230. The molecular formula is C25H37N5O7S2. The molecule has 0 spiro atoms. The van der Waals surface area contributed by atoms with Crippen LogP contribution in [0, 0.1) is 0 Å². The fourth-order valence-corrected chi connectivity index (χ4v) is 5.70. The van der Waals surface area contributed by atoms with Crippen molar-refractivity contribution >= 4 is 37.5 Å². The number of carbonyl (C=O) groups is 1. The molecule has 0 radical (unpaired) electrons. The number of aromatic hydroxyl groups is 1. The molecule has 1 heterocycles. The molecule has 0 bridgehead atoms. The molecule has 1 saturated heterocycles. The van der Waals surface area contributed by atoms with Crippen LogP contribution in [0.1, 0.15) is 44.3 Å². The number of anilines is 2. The van der Waals surface area contributed by atoms with E-state index < -0.39 is 32.2 Å². The van der Waals surface area contributed by atoms with Gasteiger partial charge >= 0.3 is 6.03 Å². The van der Waals surface area contributed by atoms with E-state index in [1.54, 1.807) is 12.1 Å². The molecule has 39 heavy (non-hydrogen) atoms. The molecule has 1 aliphatic rings. The first-order valence-electron chi connectivity index (χ1n) is 12.8. The molecule has 1 unspecified atom stereocenters. The van der Waals surface area contributed by atoms with E-state index in [0.29, 0.717) is 12.1 Å². The number of nitrogens with one attached hydrogen (secondary N) is 4. The van der Waals surface area contributed by atoms with E-state index in [4.69, 9.17) is 0 Å². The molecular weight excluding hydrogens is 546 g/mol. The Hall–Kier alpha value is -3.07. The van der Waals surface area contributed by atoms with Gasteiger partial charge in [-0.3, -0.25) is 4.72 Å². The minimum atomic E-state index is -3.97. The summed E-state index contributed by atoms with van der Waals surface area (Å²) >= 11 is 0. The van der Waals surface area contributed by atoms with Gasteiger partial charge in [-0.05, 0) is 61.2 Å². The Morgan fingerprint density at radius 1 is 1.08 bits per heavy atom. The molecule has 0 saturated carbocycles. The van der Waals surface area contributed by atoms with Crippen molar-refractivity contribution in [2.24, 2.45) is 0 Å². The first-order chi connectivity index (χ1) is 18.4. The number of aliphatic hydroxyl groups excluding tert-OH is 1. The van der Waals surface area contributed by atoms with Crippen LogP contribution in [0.3, 0.4) is 0 Å². The van der Waals surface area contributed by atoms with Crippen molar-refractivity contribution in [3.05, 3.63) is 48.0 Å². The fourth-order valence-electron chi connectivity index (χ4n) is 4.21. The Morgan fingerprint density at radius 3 is 2.36 bits per heavy atom. The molecule has 2 amide bonds. The average molecular weight is 584 g/mol. The number of piperidine rings is 1. The molecule has 1 atom stereocenters. The summed E-state index contributed by atoms with van der Waals surface area (Å²) in [4.78, 5) is 14.0. The second kappa shape index (κ2) is 13.3. The van der Waals surface area contributed by atoms with Gasteiger partial charge in [0.1, 0.15) is 5.75 Å². The van der Waals surface area contributed by atoms with E-state index in [-0.39, 0.29) is 28.9 Å². The van der Waals surface area contributed by atoms with E-state index in [2.05, 4.69) is 20.3 Å². The van der Waals surface area contributed by atoms with Gasteiger partial charge < -0.3 is 25.7 Å². The number of amides is 2. The predicted octanol–water partition coefficient (Wildman–Crippen LogP) is 1.84. The van der Waals surface area contributed by atoms with E-state index in [1.807, 2.05) is 11.6 Å². The number of benzene rings is 2. The van der Waals surface area contributed by atoms with E-state index in [9.17, 15) is 31.8 Å². The minimum Gasteiger partial charge on any atom is -0.506 e. The number of aliphatic hydroxyl groups is 1. The van der Waals surface area contributed by atoms with Gasteiger partial charge in [0.2, 0.25) is 10.0 Å². The van der Waals surface area contributed by atoms with Crippen LogP contribution < -0.4 is 25.0 Å². The fraction of sp³-hybridized carbons (Fsp3) is 0.480. The smallest absolute Gasteiger partial charge is 0.328 e. The van der Waals surface area contributed by atoms with Crippen LogP contribution in [-0.4, -0.2) is 71.6 Å². The average Bonchev–Trinajstić information content (AvgIpc) is 2.88. The maximum absolute atomic E-state index is 12.5. The van der Waals surface area contributed by atoms with Crippen molar-refractivity contribution in [3.63, 3.8) is 0 Å². The quantitative estimate of drug-likeness (QED) is 0.161. The number of phenolic OH excluding ortho intramolecular Hbond substituents is 1. The minimum absolute atomic E-state index is 0.00607. The lowest BCUT2D eigenvalue weighted by Gasteiger charge is -2.34. The molecule has 2 aromatic carbocycles. The molecule has 1 fully saturated rings. The third-order valence-corrected chi connectivity index (χ3v) is 8.29. The molecule has 3 rings (SSSR count). The monoisotopic (exact) mass is 583 g/mol. The van der Waals surface area contributed by atoms with Gasteiger partial charge in [0, 0.05) is 37.9 Å². The number of urea groups is 1. The molecule has 0 aromatic heterocycles. The van der Waals surface area contributed by atoms with Crippen LogP contribution in [-0.2, 0) is 20.0 Å². The molecule has 12 nitrogen and oxygen atoms in total. The highest BCUT2D eigenvalue weighted by atomic mass is 32.2. The second-order valence-electron chi connectivity index (χ2n) is 9.55. The first-order valence-corrected chi connectivity index (χ1v) is 16.1. The maximum atomic E-state index is 12.5. The van der Waals surface area contributed by atoms with E-state index in [0.717, 1.165) is 50.7 Å². The van der Waals surface area contributed by atoms with Crippen molar-refractivity contribution in [2.75, 3.05) is 42.1 Å².